The molecule has 1 fully saturated rings. The Morgan fingerprint density at radius 2 is 1.94 bits per heavy atom. The lowest BCUT2D eigenvalue weighted by atomic mass is 9.54. The van der Waals surface area contributed by atoms with Gasteiger partial charge in [0.15, 0.2) is 0 Å². The first kappa shape index (κ1) is 21.6. The molecule has 1 heterocycles. The van der Waals surface area contributed by atoms with E-state index in [1.54, 1.807) is 6.20 Å². The van der Waals surface area contributed by atoms with E-state index in [-0.39, 0.29) is 17.2 Å². The number of pyridine rings is 1. The lowest BCUT2D eigenvalue weighted by Crippen LogP contribution is -2.48. The maximum absolute atomic E-state index is 13.0. The van der Waals surface area contributed by atoms with E-state index in [2.05, 4.69) is 52.8 Å². The maximum atomic E-state index is 13.0. The molecular weight excluding hydrogens is 408 g/mol. The second-order valence-corrected chi connectivity index (χ2v) is 9.88. The number of nitrogens with zero attached hydrogens (tertiary/aromatic N) is 1. The van der Waals surface area contributed by atoms with Crippen LogP contribution in [0.5, 0.6) is 0 Å². The lowest BCUT2D eigenvalue weighted by molar-refractivity contribution is -0.0200. The molecule has 3 atom stereocenters. The molecule has 0 spiro atoms. The van der Waals surface area contributed by atoms with Crippen LogP contribution in [0.15, 0.2) is 72.9 Å². The highest BCUT2D eigenvalue weighted by Gasteiger charge is 2.48. The number of nitrogens with one attached hydrogen (secondary N) is 1. The van der Waals surface area contributed by atoms with Crippen LogP contribution < -0.4 is 5.32 Å². The fourth-order valence-electron chi connectivity index (χ4n) is 5.64. The molecule has 33 heavy (non-hydrogen) atoms. The van der Waals surface area contributed by atoms with Crippen molar-refractivity contribution in [1.29, 1.82) is 0 Å². The number of aromatic nitrogens is 1. The summed E-state index contributed by atoms with van der Waals surface area (Å²) in [6.07, 6.45) is 9.47. The SMILES string of the molecule is Cc1ncccc1NC(=O)c1ccc2c(c1)C=C[C@@H]1C[C@](C)(O)CC[C@@]21Cc1ccccc1. The van der Waals surface area contributed by atoms with Gasteiger partial charge in [-0.1, -0.05) is 48.6 Å². The van der Waals surface area contributed by atoms with Crippen molar-refractivity contribution in [3.8, 4) is 0 Å². The highest BCUT2D eigenvalue weighted by atomic mass is 16.3. The quantitative estimate of drug-likeness (QED) is 0.549. The number of allylic oxidation sites excluding steroid dienone is 1. The molecule has 5 rings (SSSR count). The van der Waals surface area contributed by atoms with E-state index in [0.717, 1.165) is 42.6 Å². The molecule has 0 bridgehead atoms. The van der Waals surface area contributed by atoms with Crippen molar-refractivity contribution in [3.05, 3.63) is 101 Å². The molecule has 1 saturated carbocycles. The number of benzene rings is 2. The van der Waals surface area contributed by atoms with Gasteiger partial charge in [-0.3, -0.25) is 9.78 Å². The summed E-state index contributed by atoms with van der Waals surface area (Å²) in [4.78, 5) is 17.3. The summed E-state index contributed by atoms with van der Waals surface area (Å²) < 4.78 is 0. The van der Waals surface area contributed by atoms with Crippen LogP contribution in [-0.2, 0) is 11.8 Å². The first-order chi connectivity index (χ1) is 15.9. The minimum Gasteiger partial charge on any atom is -0.390 e. The molecule has 2 aromatic carbocycles. The molecular formula is C29H30N2O2. The lowest BCUT2D eigenvalue weighted by Gasteiger charge is -2.50. The standard InChI is InChI=1S/C29H30N2O2/c1-20-26(9-6-16-30-20)31-27(32)23-11-13-25-22(17-23)10-12-24-19-28(2,33)14-15-29(24,25)18-21-7-4-3-5-8-21/h3-13,16-17,24,33H,14-15,18-19H2,1-2H3,(H,31,32)/t24-,28-,29+/m1/s1. The number of fused-ring (bicyclic) bond motifs is 3. The zero-order valence-electron chi connectivity index (χ0n) is 19.2. The molecule has 4 nitrogen and oxygen atoms in total. The van der Waals surface area contributed by atoms with Gasteiger partial charge in [-0.2, -0.15) is 0 Å². The van der Waals surface area contributed by atoms with Gasteiger partial charge < -0.3 is 10.4 Å². The average molecular weight is 439 g/mol. The third-order valence-electron chi connectivity index (χ3n) is 7.45. The van der Waals surface area contributed by atoms with Crippen LogP contribution in [-0.4, -0.2) is 21.6 Å². The molecule has 0 saturated heterocycles. The predicted molar refractivity (Wildman–Crippen MR) is 132 cm³/mol. The minimum absolute atomic E-state index is 0.0807. The van der Waals surface area contributed by atoms with E-state index < -0.39 is 5.60 Å². The van der Waals surface area contributed by atoms with Gasteiger partial charge in [0.1, 0.15) is 0 Å². The average Bonchev–Trinajstić information content (AvgIpc) is 2.81. The summed E-state index contributed by atoms with van der Waals surface area (Å²) >= 11 is 0. The van der Waals surface area contributed by atoms with Gasteiger partial charge in [-0.05, 0) is 86.4 Å². The molecule has 4 heteroatoms. The zero-order valence-corrected chi connectivity index (χ0v) is 19.2. The van der Waals surface area contributed by atoms with Crippen LogP contribution in [0.25, 0.3) is 6.08 Å². The summed E-state index contributed by atoms with van der Waals surface area (Å²) in [6, 6.07) is 20.4. The van der Waals surface area contributed by atoms with Gasteiger partial charge in [-0.15, -0.1) is 0 Å². The van der Waals surface area contributed by atoms with Crippen LogP contribution in [0.1, 0.15) is 58.9 Å². The third kappa shape index (κ3) is 4.11. The van der Waals surface area contributed by atoms with Gasteiger partial charge in [-0.25, -0.2) is 0 Å². The Hall–Kier alpha value is -3.24. The topological polar surface area (TPSA) is 62.2 Å². The number of hydrogen-bond acceptors (Lipinski definition) is 3. The Bertz CT molecular complexity index is 1220. The smallest absolute Gasteiger partial charge is 0.255 e. The number of carbonyl (C=O) groups excluding carboxylic acids is 1. The van der Waals surface area contributed by atoms with Gasteiger partial charge in [0, 0.05) is 17.2 Å². The number of anilines is 1. The van der Waals surface area contributed by atoms with Crippen molar-refractivity contribution in [2.75, 3.05) is 5.32 Å². The van der Waals surface area contributed by atoms with Crippen LogP contribution >= 0.6 is 0 Å². The Kier molecular flexibility index (Phi) is 5.41. The molecule has 1 amide bonds. The first-order valence-corrected chi connectivity index (χ1v) is 11.7. The molecule has 0 aliphatic heterocycles. The number of aliphatic hydroxyl groups is 1. The summed E-state index contributed by atoms with van der Waals surface area (Å²) in [6.45, 7) is 3.84. The summed E-state index contributed by atoms with van der Waals surface area (Å²) in [5, 5.41) is 13.8. The molecule has 1 aromatic heterocycles. The second kappa shape index (κ2) is 8.27. The Balaban J connectivity index is 1.51. The van der Waals surface area contributed by atoms with Crippen molar-refractivity contribution >= 4 is 17.7 Å². The van der Waals surface area contributed by atoms with E-state index in [0.29, 0.717) is 5.56 Å². The number of rotatable bonds is 4. The van der Waals surface area contributed by atoms with Gasteiger partial charge >= 0.3 is 0 Å². The largest absolute Gasteiger partial charge is 0.390 e. The number of amides is 1. The van der Waals surface area contributed by atoms with Crippen molar-refractivity contribution in [3.63, 3.8) is 0 Å². The zero-order chi connectivity index (χ0) is 23.1. The summed E-state index contributed by atoms with van der Waals surface area (Å²) in [7, 11) is 0. The molecule has 2 aliphatic rings. The van der Waals surface area contributed by atoms with Gasteiger partial charge in [0.2, 0.25) is 0 Å². The maximum Gasteiger partial charge on any atom is 0.255 e. The number of hydrogen-bond donors (Lipinski definition) is 2. The van der Waals surface area contributed by atoms with Crippen LogP contribution in [0.4, 0.5) is 5.69 Å². The summed E-state index contributed by atoms with van der Waals surface area (Å²) in [5.41, 5.74) is 5.12. The van der Waals surface area contributed by atoms with Gasteiger partial charge in [0.05, 0.1) is 17.0 Å². The van der Waals surface area contributed by atoms with Crippen molar-refractivity contribution in [2.45, 2.75) is 50.5 Å². The normalized spacial score (nSPS) is 25.7. The molecule has 168 valence electrons. The number of aryl methyl sites for hydroxylation is 1. The van der Waals surface area contributed by atoms with Crippen molar-refractivity contribution < 1.29 is 9.90 Å². The molecule has 2 aliphatic carbocycles. The first-order valence-electron chi connectivity index (χ1n) is 11.7. The summed E-state index contributed by atoms with van der Waals surface area (Å²) in [5.74, 6) is 0.125. The number of carbonyl (C=O) groups is 1. The van der Waals surface area contributed by atoms with Crippen LogP contribution in [0.3, 0.4) is 0 Å². The second-order valence-electron chi connectivity index (χ2n) is 9.88. The molecule has 0 unspecified atom stereocenters. The molecule has 3 aromatic rings. The van der Waals surface area contributed by atoms with E-state index >= 15 is 0 Å². The molecule has 0 radical (unpaired) electrons. The minimum atomic E-state index is -0.645. The fourth-order valence-corrected chi connectivity index (χ4v) is 5.64. The monoisotopic (exact) mass is 438 g/mol. The Morgan fingerprint density at radius 1 is 1.12 bits per heavy atom. The Morgan fingerprint density at radius 3 is 2.73 bits per heavy atom. The van der Waals surface area contributed by atoms with E-state index in [4.69, 9.17) is 0 Å². The Labute approximate surface area is 195 Å². The third-order valence-corrected chi connectivity index (χ3v) is 7.45. The highest BCUT2D eigenvalue weighted by molar-refractivity contribution is 6.05. The fraction of sp³-hybridized carbons (Fsp3) is 0.310. The molecule has 2 N–H and O–H groups in total. The van der Waals surface area contributed by atoms with Crippen LogP contribution in [0.2, 0.25) is 0 Å². The predicted octanol–water partition coefficient (Wildman–Crippen LogP) is 5.70. The van der Waals surface area contributed by atoms with Crippen LogP contribution in [0, 0.1) is 12.8 Å². The van der Waals surface area contributed by atoms with Crippen molar-refractivity contribution in [1.82, 2.24) is 4.98 Å². The highest BCUT2D eigenvalue weighted by Crippen LogP contribution is 2.53. The van der Waals surface area contributed by atoms with E-state index in [9.17, 15) is 9.90 Å². The van der Waals surface area contributed by atoms with E-state index in [1.807, 2.05) is 44.2 Å². The van der Waals surface area contributed by atoms with Crippen molar-refractivity contribution in [2.24, 2.45) is 5.92 Å². The van der Waals surface area contributed by atoms with E-state index in [1.165, 1.54) is 11.1 Å². The van der Waals surface area contributed by atoms with Gasteiger partial charge in [0.25, 0.3) is 5.91 Å².